The van der Waals surface area contributed by atoms with Crippen LogP contribution in [-0.4, -0.2) is 15.9 Å². The van der Waals surface area contributed by atoms with Crippen LogP contribution in [0.3, 0.4) is 0 Å². The molecule has 1 fully saturated rings. The van der Waals surface area contributed by atoms with Crippen molar-refractivity contribution in [2.75, 3.05) is 0 Å². The Labute approximate surface area is 92.8 Å². The summed E-state index contributed by atoms with van der Waals surface area (Å²) in [5.74, 6) is 0. The lowest BCUT2D eigenvalue weighted by molar-refractivity contribution is -0.0125. The second-order valence-corrected chi connectivity index (χ2v) is 4.50. The van der Waals surface area contributed by atoms with E-state index in [4.69, 9.17) is 11.6 Å². The maximum Gasteiger partial charge on any atom is 0.158 e. The molecule has 1 aromatic rings. The summed E-state index contributed by atoms with van der Waals surface area (Å²) in [5, 5.41) is 20.5. The standard InChI is InChI=1S/C10H13ClN2O2/c1-9(14)6-10(15,13-12-9)7-2-4-8(11)5-3-7/h2-5,12-15H,6H2,1H3. The third kappa shape index (κ3) is 2.14. The van der Waals surface area contributed by atoms with Crippen molar-refractivity contribution in [1.29, 1.82) is 0 Å². The van der Waals surface area contributed by atoms with E-state index in [1.54, 1.807) is 31.2 Å². The monoisotopic (exact) mass is 228 g/mol. The number of aliphatic hydroxyl groups is 2. The van der Waals surface area contributed by atoms with E-state index in [2.05, 4.69) is 10.9 Å². The van der Waals surface area contributed by atoms with Crippen LogP contribution in [0.15, 0.2) is 24.3 Å². The second-order valence-electron chi connectivity index (χ2n) is 4.07. The predicted octanol–water partition coefficient (Wildman–Crippen LogP) is 0.692. The Kier molecular flexibility index (Phi) is 2.48. The average Bonchev–Trinajstić information content (AvgIpc) is 2.43. The molecule has 0 aromatic heterocycles. The van der Waals surface area contributed by atoms with Gasteiger partial charge < -0.3 is 10.2 Å². The van der Waals surface area contributed by atoms with Gasteiger partial charge in [-0.25, -0.2) is 10.9 Å². The fraction of sp³-hybridized carbons (Fsp3) is 0.400. The molecule has 0 aliphatic carbocycles. The van der Waals surface area contributed by atoms with E-state index < -0.39 is 11.4 Å². The van der Waals surface area contributed by atoms with Crippen LogP contribution < -0.4 is 10.9 Å². The molecule has 0 saturated carbocycles. The van der Waals surface area contributed by atoms with Gasteiger partial charge in [-0.05, 0) is 24.6 Å². The number of hydrazine groups is 1. The molecular formula is C10H13ClN2O2. The topological polar surface area (TPSA) is 64.5 Å². The summed E-state index contributed by atoms with van der Waals surface area (Å²) in [6, 6.07) is 6.84. The Bertz CT molecular complexity index is 366. The summed E-state index contributed by atoms with van der Waals surface area (Å²) < 4.78 is 0. The highest BCUT2D eigenvalue weighted by molar-refractivity contribution is 6.30. The summed E-state index contributed by atoms with van der Waals surface area (Å²) in [4.78, 5) is 0. The van der Waals surface area contributed by atoms with Gasteiger partial charge in [0.1, 0.15) is 5.72 Å². The van der Waals surface area contributed by atoms with Gasteiger partial charge in [0.05, 0.1) is 0 Å². The molecule has 4 nitrogen and oxygen atoms in total. The van der Waals surface area contributed by atoms with E-state index in [1.165, 1.54) is 0 Å². The first-order valence-corrected chi connectivity index (χ1v) is 5.04. The Morgan fingerprint density at radius 2 is 1.80 bits per heavy atom. The van der Waals surface area contributed by atoms with E-state index in [-0.39, 0.29) is 6.42 Å². The first-order valence-electron chi connectivity index (χ1n) is 4.66. The van der Waals surface area contributed by atoms with Crippen LogP contribution >= 0.6 is 11.6 Å². The van der Waals surface area contributed by atoms with Crippen LogP contribution in [0.1, 0.15) is 18.9 Å². The van der Waals surface area contributed by atoms with E-state index in [1.807, 2.05) is 0 Å². The van der Waals surface area contributed by atoms with Crippen molar-refractivity contribution in [2.24, 2.45) is 0 Å². The maximum absolute atomic E-state index is 10.2. The molecule has 1 aromatic carbocycles. The molecular weight excluding hydrogens is 216 g/mol. The fourth-order valence-corrected chi connectivity index (χ4v) is 1.85. The lowest BCUT2D eigenvalue weighted by atomic mass is 9.97. The minimum Gasteiger partial charge on any atom is -0.375 e. The Hall–Kier alpha value is -0.650. The lowest BCUT2D eigenvalue weighted by Crippen LogP contribution is -2.44. The first-order chi connectivity index (χ1) is 6.91. The van der Waals surface area contributed by atoms with Crippen molar-refractivity contribution in [3.05, 3.63) is 34.9 Å². The van der Waals surface area contributed by atoms with Gasteiger partial charge in [-0.15, -0.1) is 0 Å². The van der Waals surface area contributed by atoms with Crippen LogP contribution in [0.4, 0.5) is 0 Å². The summed E-state index contributed by atoms with van der Waals surface area (Å²) in [7, 11) is 0. The SMILES string of the molecule is CC1(O)CC(O)(c2ccc(Cl)cc2)NN1. The summed E-state index contributed by atoms with van der Waals surface area (Å²) >= 11 is 5.75. The van der Waals surface area contributed by atoms with Crippen molar-refractivity contribution in [1.82, 2.24) is 10.9 Å². The maximum atomic E-state index is 10.2. The molecule has 2 atom stereocenters. The first kappa shape index (κ1) is 10.9. The number of hydrogen-bond donors (Lipinski definition) is 4. The van der Waals surface area contributed by atoms with Gasteiger partial charge >= 0.3 is 0 Å². The molecule has 1 aliphatic heterocycles. The van der Waals surface area contributed by atoms with E-state index in [0.717, 1.165) is 0 Å². The van der Waals surface area contributed by atoms with Crippen LogP contribution in [0.2, 0.25) is 5.02 Å². The number of benzene rings is 1. The Morgan fingerprint density at radius 3 is 2.27 bits per heavy atom. The van der Waals surface area contributed by atoms with Gasteiger partial charge in [0.15, 0.2) is 5.72 Å². The number of halogens is 1. The summed E-state index contributed by atoms with van der Waals surface area (Å²) in [6.07, 6.45) is 0.168. The third-order valence-electron chi connectivity index (χ3n) is 2.46. The normalized spacial score (nSPS) is 35.7. The third-order valence-corrected chi connectivity index (χ3v) is 2.71. The van der Waals surface area contributed by atoms with E-state index in [0.29, 0.717) is 10.6 Å². The molecule has 0 radical (unpaired) electrons. The van der Waals surface area contributed by atoms with Gasteiger partial charge in [0.25, 0.3) is 0 Å². The minimum absolute atomic E-state index is 0.168. The van der Waals surface area contributed by atoms with Crippen LogP contribution in [0.5, 0.6) is 0 Å². The largest absolute Gasteiger partial charge is 0.375 e. The van der Waals surface area contributed by atoms with Crippen LogP contribution in [0.25, 0.3) is 0 Å². The number of nitrogens with one attached hydrogen (secondary N) is 2. The molecule has 1 saturated heterocycles. The van der Waals surface area contributed by atoms with Crippen molar-refractivity contribution >= 4 is 11.6 Å². The van der Waals surface area contributed by atoms with E-state index >= 15 is 0 Å². The van der Waals surface area contributed by atoms with Gasteiger partial charge in [-0.3, -0.25) is 0 Å². The molecule has 2 rings (SSSR count). The van der Waals surface area contributed by atoms with Gasteiger partial charge in [0, 0.05) is 11.4 Å². The molecule has 4 N–H and O–H groups in total. The highest BCUT2D eigenvalue weighted by atomic mass is 35.5. The minimum atomic E-state index is -1.26. The average molecular weight is 229 g/mol. The van der Waals surface area contributed by atoms with Crippen molar-refractivity contribution in [2.45, 2.75) is 24.8 Å². The molecule has 5 heteroatoms. The smallest absolute Gasteiger partial charge is 0.158 e. The molecule has 15 heavy (non-hydrogen) atoms. The van der Waals surface area contributed by atoms with Gasteiger partial charge in [-0.2, -0.15) is 0 Å². The lowest BCUT2D eigenvalue weighted by Gasteiger charge is -2.22. The second kappa shape index (κ2) is 3.43. The van der Waals surface area contributed by atoms with Crippen molar-refractivity contribution in [3.8, 4) is 0 Å². The fourth-order valence-electron chi connectivity index (χ4n) is 1.72. The summed E-state index contributed by atoms with van der Waals surface area (Å²) in [6.45, 7) is 1.59. The summed E-state index contributed by atoms with van der Waals surface area (Å²) in [5.41, 5.74) is 3.59. The molecule has 1 heterocycles. The number of hydrogen-bond acceptors (Lipinski definition) is 4. The zero-order chi connectivity index (χ0) is 11.1. The molecule has 0 spiro atoms. The van der Waals surface area contributed by atoms with Crippen LogP contribution in [0, 0.1) is 0 Å². The molecule has 82 valence electrons. The van der Waals surface area contributed by atoms with E-state index in [9.17, 15) is 10.2 Å². The zero-order valence-corrected chi connectivity index (χ0v) is 9.04. The van der Waals surface area contributed by atoms with Gasteiger partial charge in [0.2, 0.25) is 0 Å². The van der Waals surface area contributed by atoms with Crippen molar-refractivity contribution < 1.29 is 10.2 Å². The Balaban J connectivity index is 2.27. The quantitative estimate of drug-likeness (QED) is 0.571. The number of rotatable bonds is 1. The highest BCUT2D eigenvalue weighted by Gasteiger charge is 2.44. The van der Waals surface area contributed by atoms with Gasteiger partial charge in [-0.1, -0.05) is 23.7 Å². The van der Waals surface area contributed by atoms with Crippen molar-refractivity contribution in [3.63, 3.8) is 0 Å². The Morgan fingerprint density at radius 1 is 1.20 bits per heavy atom. The predicted molar refractivity (Wildman–Crippen MR) is 56.9 cm³/mol. The molecule has 0 bridgehead atoms. The highest BCUT2D eigenvalue weighted by Crippen LogP contribution is 2.31. The molecule has 1 aliphatic rings. The molecule has 0 amide bonds. The van der Waals surface area contributed by atoms with Crippen LogP contribution in [-0.2, 0) is 5.72 Å². The zero-order valence-electron chi connectivity index (χ0n) is 8.29. The molecule has 2 unspecified atom stereocenters.